The van der Waals surface area contributed by atoms with E-state index in [-0.39, 0.29) is 35.0 Å². The van der Waals surface area contributed by atoms with E-state index in [1.807, 2.05) is 6.92 Å². The van der Waals surface area contributed by atoms with Crippen LogP contribution in [0.4, 0.5) is 0 Å². The molecule has 4 nitrogen and oxygen atoms in total. The van der Waals surface area contributed by atoms with Crippen LogP contribution in [0.5, 0.6) is 5.75 Å². The molecular formula is C15H16O4. The zero-order valence-electron chi connectivity index (χ0n) is 11.0. The maximum atomic E-state index is 12.3. The van der Waals surface area contributed by atoms with E-state index in [9.17, 15) is 14.7 Å². The minimum absolute atomic E-state index is 0.0909. The van der Waals surface area contributed by atoms with Crippen LogP contribution >= 0.6 is 0 Å². The van der Waals surface area contributed by atoms with Gasteiger partial charge in [0, 0.05) is 23.3 Å². The van der Waals surface area contributed by atoms with E-state index in [0.717, 1.165) is 6.42 Å². The Bertz CT molecular complexity index is 570. The Hall–Kier alpha value is -1.94. The average molecular weight is 260 g/mol. The third-order valence-corrected chi connectivity index (χ3v) is 3.18. The van der Waals surface area contributed by atoms with Gasteiger partial charge >= 0.3 is 0 Å². The number of hydrogen-bond acceptors (Lipinski definition) is 4. The molecule has 0 saturated heterocycles. The molecule has 2 rings (SSSR count). The first kappa shape index (κ1) is 13.5. The summed E-state index contributed by atoms with van der Waals surface area (Å²) >= 11 is 0. The van der Waals surface area contributed by atoms with Crippen LogP contribution in [0.2, 0.25) is 0 Å². The minimum Gasteiger partial charge on any atom is -0.507 e. The molecule has 0 unspecified atom stereocenters. The van der Waals surface area contributed by atoms with Crippen LogP contribution in [0.3, 0.4) is 0 Å². The Labute approximate surface area is 111 Å². The number of carbonyl (C=O) groups excluding carboxylic acids is 2. The number of phenols is 1. The van der Waals surface area contributed by atoms with Gasteiger partial charge in [-0.3, -0.25) is 9.59 Å². The van der Waals surface area contributed by atoms with E-state index in [1.165, 1.54) is 6.07 Å². The summed E-state index contributed by atoms with van der Waals surface area (Å²) in [5, 5.41) is 9.78. The second-order valence-electron chi connectivity index (χ2n) is 4.51. The molecular weight excluding hydrogens is 244 g/mol. The molecule has 0 atom stereocenters. The number of aromatic hydroxyl groups is 1. The number of benzene rings is 1. The van der Waals surface area contributed by atoms with Crippen LogP contribution in [0.25, 0.3) is 0 Å². The molecule has 0 aromatic heterocycles. The Balaban J connectivity index is 2.42. The van der Waals surface area contributed by atoms with Crippen molar-refractivity contribution in [3.05, 3.63) is 40.5 Å². The Morgan fingerprint density at radius 2 is 1.95 bits per heavy atom. The van der Waals surface area contributed by atoms with Gasteiger partial charge in [-0.1, -0.05) is 19.1 Å². The highest BCUT2D eigenvalue weighted by molar-refractivity contribution is 6.27. The van der Waals surface area contributed by atoms with Gasteiger partial charge in [-0.15, -0.1) is 0 Å². The third-order valence-electron chi connectivity index (χ3n) is 3.18. The Kier molecular flexibility index (Phi) is 3.81. The van der Waals surface area contributed by atoms with Crippen LogP contribution < -0.4 is 0 Å². The topological polar surface area (TPSA) is 63.6 Å². The zero-order valence-corrected chi connectivity index (χ0v) is 11.0. The van der Waals surface area contributed by atoms with E-state index >= 15 is 0 Å². The second kappa shape index (κ2) is 5.36. The summed E-state index contributed by atoms with van der Waals surface area (Å²) in [5.74, 6) is -0.696. The number of rotatable bonds is 4. The van der Waals surface area contributed by atoms with Gasteiger partial charge in [0.2, 0.25) is 0 Å². The van der Waals surface area contributed by atoms with Crippen molar-refractivity contribution in [2.24, 2.45) is 0 Å². The molecule has 0 saturated carbocycles. The standard InChI is InChI=1S/C15H16O4/c1-3-7-19-8-11-9(2)14(17)10-5-4-6-12(16)13(10)15(11)18/h4-6,16H,3,7-8H2,1-2H3. The van der Waals surface area contributed by atoms with E-state index in [2.05, 4.69) is 0 Å². The van der Waals surface area contributed by atoms with Gasteiger partial charge in [0.25, 0.3) is 0 Å². The van der Waals surface area contributed by atoms with E-state index in [0.29, 0.717) is 17.8 Å². The van der Waals surface area contributed by atoms with Crippen molar-refractivity contribution in [2.45, 2.75) is 20.3 Å². The summed E-state index contributed by atoms with van der Waals surface area (Å²) in [6, 6.07) is 4.53. The summed E-state index contributed by atoms with van der Waals surface area (Å²) in [4.78, 5) is 24.5. The molecule has 1 aliphatic carbocycles. The van der Waals surface area contributed by atoms with Gasteiger partial charge in [0.15, 0.2) is 11.6 Å². The van der Waals surface area contributed by atoms with E-state index < -0.39 is 0 Å². The molecule has 1 aromatic carbocycles. The molecule has 0 bridgehead atoms. The van der Waals surface area contributed by atoms with Crippen LogP contribution in [-0.4, -0.2) is 29.9 Å². The quantitative estimate of drug-likeness (QED) is 0.845. The average Bonchev–Trinajstić information content (AvgIpc) is 2.40. The minimum atomic E-state index is -0.318. The maximum Gasteiger partial charge on any atom is 0.196 e. The normalized spacial score (nSPS) is 14.8. The lowest BCUT2D eigenvalue weighted by molar-refractivity contribution is 0.0932. The fourth-order valence-corrected chi connectivity index (χ4v) is 2.12. The predicted molar refractivity (Wildman–Crippen MR) is 70.6 cm³/mol. The molecule has 4 heteroatoms. The van der Waals surface area contributed by atoms with Gasteiger partial charge in [0.05, 0.1) is 12.2 Å². The first-order chi connectivity index (χ1) is 9.07. The Morgan fingerprint density at radius 1 is 1.21 bits per heavy atom. The number of Topliss-reactive ketones (excluding diaryl/α,β-unsaturated/α-hetero) is 2. The molecule has 1 N–H and O–H groups in total. The molecule has 100 valence electrons. The number of fused-ring (bicyclic) bond motifs is 1. The molecule has 19 heavy (non-hydrogen) atoms. The lowest BCUT2D eigenvalue weighted by Crippen LogP contribution is -2.23. The lowest BCUT2D eigenvalue weighted by atomic mass is 9.84. The predicted octanol–water partition coefficient (Wildman–Crippen LogP) is 2.51. The highest BCUT2D eigenvalue weighted by Gasteiger charge is 2.31. The first-order valence-electron chi connectivity index (χ1n) is 6.26. The smallest absolute Gasteiger partial charge is 0.196 e. The highest BCUT2D eigenvalue weighted by Crippen LogP contribution is 2.31. The number of carbonyl (C=O) groups is 2. The largest absolute Gasteiger partial charge is 0.507 e. The van der Waals surface area contributed by atoms with Crippen LogP contribution in [0, 0.1) is 0 Å². The number of phenolic OH excluding ortho intramolecular Hbond substituents is 1. The van der Waals surface area contributed by atoms with Crippen LogP contribution in [0.15, 0.2) is 29.3 Å². The van der Waals surface area contributed by atoms with Crippen LogP contribution in [-0.2, 0) is 4.74 Å². The summed E-state index contributed by atoms with van der Waals surface area (Å²) < 4.78 is 5.35. The van der Waals surface area contributed by atoms with Crippen molar-refractivity contribution in [3.63, 3.8) is 0 Å². The molecule has 0 radical (unpaired) electrons. The van der Waals surface area contributed by atoms with Gasteiger partial charge in [-0.25, -0.2) is 0 Å². The fourth-order valence-electron chi connectivity index (χ4n) is 2.12. The monoisotopic (exact) mass is 260 g/mol. The van der Waals surface area contributed by atoms with E-state index in [1.54, 1.807) is 19.1 Å². The fraction of sp³-hybridized carbons (Fsp3) is 0.333. The van der Waals surface area contributed by atoms with Crippen molar-refractivity contribution < 1.29 is 19.4 Å². The molecule has 0 fully saturated rings. The zero-order chi connectivity index (χ0) is 14.0. The van der Waals surface area contributed by atoms with Crippen molar-refractivity contribution in [1.29, 1.82) is 0 Å². The molecule has 0 heterocycles. The number of ketones is 2. The van der Waals surface area contributed by atoms with Crippen molar-refractivity contribution >= 4 is 11.6 Å². The van der Waals surface area contributed by atoms with Gasteiger partial charge < -0.3 is 9.84 Å². The lowest BCUT2D eigenvalue weighted by Gasteiger charge is -2.19. The molecule has 1 aromatic rings. The maximum absolute atomic E-state index is 12.3. The van der Waals surface area contributed by atoms with Gasteiger partial charge in [0.1, 0.15) is 5.75 Å². The highest BCUT2D eigenvalue weighted by atomic mass is 16.5. The summed E-state index contributed by atoms with van der Waals surface area (Å²) in [5.41, 5.74) is 1.10. The molecule has 0 amide bonds. The molecule has 0 spiro atoms. The van der Waals surface area contributed by atoms with Crippen molar-refractivity contribution in [1.82, 2.24) is 0 Å². The van der Waals surface area contributed by atoms with Gasteiger partial charge in [-0.05, 0) is 19.4 Å². The number of hydrogen-bond donors (Lipinski definition) is 1. The molecule has 0 aliphatic heterocycles. The van der Waals surface area contributed by atoms with Gasteiger partial charge in [-0.2, -0.15) is 0 Å². The van der Waals surface area contributed by atoms with E-state index in [4.69, 9.17) is 4.74 Å². The summed E-state index contributed by atoms with van der Waals surface area (Å²) in [7, 11) is 0. The first-order valence-corrected chi connectivity index (χ1v) is 6.26. The SMILES string of the molecule is CCCOCC1=C(C)C(=O)c2cccc(O)c2C1=O. The van der Waals surface area contributed by atoms with Crippen LogP contribution in [0.1, 0.15) is 41.0 Å². The number of allylic oxidation sites excluding steroid dienone is 1. The summed E-state index contributed by atoms with van der Waals surface area (Å²) in [6.07, 6.45) is 0.844. The van der Waals surface area contributed by atoms with Crippen molar-refractivity contribution in [3.8, 4) is 5.75 Å². The summed E-state index contributed by atoms with van der Waals surface area (Å²) in [6.45, 7) is 4.23. The molecule has 1 aliphatic rings. The second-order valence-corrected chi connectivity index (χ2v) is 4.51. The number of ether oxygens (including phenoxy) is 1. The Morgan fingerprint density at radius 3 is 2.63 bits per heavy atom. The van der Waals surface area contributed by atoms with Crippen molar-refractivity contribution in [2.75, 3.05) is 13.2 Å². The third kappa shape index (κ3) is 2.31.